The summed E-state index contributed by atoms with van der Waals surface area (Å²) in [7, 11) is -17.8. The fraction of sp³-hybridized carbons (Fsp3) is 0.400. The van der Waals surface area contributed by atoms with Crippen LogP contribution in [0.25, 0.3) is 0 Å². The SMILES string of the molecule is CN(C)C(P(=O)(O)O)P(=O)(O)O.NC(c1ccc(O)cc1)(P(=O)(O)O)P(=O)(O)O. The largest absolute Gasteiger partial charge is 0.508 e. The van der Waals surface area contributed by atoms with Crippen LogP contribution >= 0.6 is 30.4 Å². The maximum absolute atomic E-state index is 11.2. The fourth-order valence-electron chi connectivity index (χ4n) is 2.01. The topological polar surface area (TPSA) is 280 Å². The van der Waals surface area contributed by atoms with Crippen molar-refractivity contribution in [2.24, 2.45) is 5.73 Å². The van der Waals surface area contributed by atoms with Crippen LogP contribution in [0, 0.1) is 0 Å². The summed E-state index contributed by atoms with van der Waals surface area (Å²) in [5, 5.41) is 5.88. The fourth-order valence-corrected chi connectivity index (χ4v) is 7.11. The summed E-state index contributed by atoms with van der Waals surface area (Å²) >= 11 is 0. The summed E-state index contributed by atoms with van der Waals surface area (Å²) < 4.78 is 43.6. The van der Waals surface area contributed by atoms with Crippen molar-refractivity contribution in [3.8, 4) is 5.75 Å². The molecule has 0 aliphatic carbocycles. The highest BCUT2D eigenvalue weighted by atomic mass is 31.2. The van der Waals surface area contributed by atoms with Crippen LogP contribution in [0.4, 0.5) is 0 Å². The minimum atomic E-state index is -5.31. The van der Waals surface area contributed by atoms with E-state index in [1.165, 1.54) is 14.1 Å². The molecule has 170 valence electrons. The van der Waals surface area contributed by atoms with E-state index in [2.05, 4.69) is 0 Å². The van der Waals surface area contributed by atoms with Crippen molar-refractivity contribution >= 4 is 30.4 Å². The Bertz CT molecular complexity index is 835. The second-order valence-corrected chi connectivity index (χ2v) is 13.5. The standard InChI is InChI=1S/C7H11NO7P2.C3H11NO6P2/c8-7(16(10,11)12,17(13,14)15)5-1-3-6(9)4-2-5;1-4(2)3(11(5,6)7)12(8,9)10/h1-4,9H,8H2,(H2,10,11,12)(H2,13,14,15);3H,1-2H3,(H2,5,6,7)(H2,8,9,10). The quantitative estimate of drug-likeness (QED) is 0.209. The molecule has 0 bridgehead atoms. The van der Waals surface area contributed by atoms with Crippen LogP contribution in [0.5, 0.6) is 5.75 Å². The summed E-state index contributed by atoms with van der Waals surface area (Å²) in [6.07, 6.45) is 0. The molecule has 0 aliphatic rings. The summed E-state index contributed by atoms with van der Waals surface area (Å²) in [6, 6.07) is 3.91. The minimum absolute atomic E-state index is 0.229. The Kier molecular flexibility index (Phi) is 9.21. The van der Waals surface area contributed by atoms with Crippen LogP contribution in [-0.2, 0) is 23.3 Å². The molecule has 0 radical (unpaired) electrons. The van der Waals surface area contributed by atoms with Crippen molar-refractivity contribution in [3.05, 3.63) is 29.8 Å². The van der Waals surface area contributed by atoms with Crippen molar-refractivity contribution < 1.29 is 62.5 Å². The van der Waals surface area contributed by atoms with Gasteiger partial charge in [0.2, 0.25) is 10.5 Å². The summed E-state index contributed by atoms with van der Waals surface area (Å²) in [5.74, 6) is -0.229. The van der Waals surface area contributed by atoms with E-state index in [1.54, 1.807) is 0 Å². The summed E-state index contributed by atoms with van der Waals surface area (Å²) in [4.78, 5) is 71.2. The Morgan fingerprint density at radius 1 is 0.793 bits per heavy atom. The molecule has 0 saturated carbocycles. The zero-order valence-electron chi connectivity index (χ0n) is 14.9. The maximum Gasteiger partial charge on any atom is 0.362 e. The van der Waals surface area contributed by atoms with Gasteiger partial charge in [-0.15, -0.1) is 0 Å². The summed E-state index contributed by atoms with van der Waals surface area (Å²) in [5.41, 5.74) is 2.70. The number of hydrogen-bond donors (Lipinski definition) is 10. The first-order valence-electron chi connectivity index (χ1n) is 7.03. The molecule has 0 aliphatic heterocycles. The van der Waals surface area contributed by atoms with Gasteiger partial charge in [-0.25, -0.2) is 0 Å². The number of phenolic OH excluding ortho intramolecular Hbond substituents is 1. The molecule has 1 aromatic carbocycles. The monoisotopic (exact) mass is 502 g/mol. The molecule has 0 spiro atoms. The number of nitrogens with zero attached hydrogens (tertiary/aromatic N) is 1. The normalized spacial score (nSPS) is 14.0. The average molecular weight is 502 g/mol. The van der Waals surface area contributed by atoms with Crippen LogP contribution in [0.2, 0.25) is 0 Å². The molecule has 0 atom stereocenters. The van der Waals surface area contributed by atoms with Gasteiger partial charge in [-0.1, -0.05) is 12.1 Å². The minimum Gasteiger partial charge on any atom is -0.508 e. The third kappa shape index (κ3) is 7.32. The predicted molar refractivity (Wildman–Crippen MR) is 99.6 cm³/mol. The van der Waals surface area contributed by atoms with Gasteiger partial charge in [0.05, 0.1) is 0 Å². The van der Waals surface area contributed by atoms with Gasteiger partial charge in [-0.2, -0.15) is 0 Å². The zero-order chi connectivity index (χ0) is 23.6. The molecule has 1 aromatic rings. The molecule has 0 unspecified atom stereocenters. The lowest BCUT2D eigenvalue weighted by Crippen LogP contribution is -2.36. The average Bonchev–Trinajstić information content (AvgIpc) is 2.41. The Labute approximate surface area is 164 Å². The van der Waals surface area contributed by atoms with E-state index in [1.807, 2.05) is 0 Å². The highest BCUT2D eigenvalue weighted by Crippen LogP contribution is 2.71. The third-order valence-electron chi connectivity index (χ3n) is 3.24. The van der Waals surface area contributed by atoms with Gasteiger partial charge >= 0.3 is 30.4 Å². The number of phenols is 1. The van der Waals surface area contributed by atoms with Crippen molar-refractivity contribution in [1.82, 2.24) is 4.90 Å². The number of benzene rings is 1. The Morgan fingerprint density at radius 3 is 1.28 bits per heavy atom. The second-order valence-electron chi connectivity index (χ2n) is 5.85. The van der Waals surface area contributed by atoms with E-state index in [9.17, 15) is 18.3 Å². The molecule has 19 heteroatoms. The number of nitrogens with two attached hydrogens (primary N) is 1. The number of hydrogen-bond acceptors (Lipinski definition) is 7. The lowest BCUT2D eigenvalue weighted by atomic mass is 10.2. The first-order chi connectivity index (χ1) is 12.6. The van der Waals surface area contributed by atoms with Gasteiger partial charge in [0.25, 0.3) is 0 Å². The molecule has 1 rings (SSSR count). The van der Waals surface area contributed by atoms with Gasteiger partial charge in [0, 0.05) is 0 Å². The maximum atomic E-state index is 11.2. The van der Waals surface area contributed by atoms with E-state index in [4.69, 9.17) is 50.0 Å². The first-order valence-corrected chi connectivity index (χ1v) is 13.6. The van der Waals surface area contributed by atoms with Crippen molar-refractivity contribution in [2.75, 3.05) is 14.1 Å². The Morgan fingerprint density at radius 2 is 1.10 bits per heavy atom. The number of rotatable bonds is 6. The molecule has 0 aromatic heterocycles. The van der Waals surface area contributed by atoms with Gasteiger partial charge in [-0.05, 0) is 31.8 Å². The van der Waals surface area contributed by atoms with Gasteiger partial charge in [0.1, 0.15) is 5.75 Å². The van der Waals surface area contributed by atoms with Crippen molar-refractivity contribution in [3.63, 3.8) is 0 Å². The van der Waals surface area contributed by atoms with Crippen molar-refractivity contribution in [2.45, 2.75) is 10.5 Å². The van der Waals surface area contributed by atoms with Crippen molar-refractivity contribution in [1.29, 1.82) is 0 Å². The van der Waals surface area contributed by atoms with Crippen LogP contribution in [0.3, 0.4) is 0 Å². The number of aromatic hydroxyl groups is 1. The zero-order valence-corrected chi connectivity index (χ0v) is 18.4. The molecule has 0 amide bonds. The van der Waals surface area contributed by atoms with E-state index in [-0.39, 0.29) is 5.75 Å². The molecular weight excluding hydrogens is 480 g/mol. The highest BCUT2D eigenvalue weighted by molar-refractivity contribution is 7.71. The highest BCUT2D eigenvalue weighted by Gasteiger charge is 2.58. The summed E-state index contributed by atoms with van der Waals surface area (Å²) in [6.45, 7) is 0. The van der Waals surface area contributed by atoms with Crippen LogP contribution in [0.15, 0.2) is 24.3 Å². The van der Waals surface area contributed by atoms with Gasteiger partial charge in [0.15, 0.2) is 0 Å². The molecule has 15 nitrogen and oxygen atoms in total. The molecule has 0 heterocycles. The second kappa shape index (κ2) is 9.35. The third-order valence-corrected chi connectivity index (χ3v) is 11.0. The molecular formula is C10H22N2O13P4. The molecule has 0 fully saturated rings. The van der Waals surface area contributed by atoms with Crippen LogP contribution < -0.4 is 5.73 Å². The van der Waals surface area contributed by atoms with Gasteiger partial charge < -0.3 is 50.0 Å². The molecule has 0 saturated heterocycles. The van der Waals surface area contributed by atoms with E-state index in [0.29, 0.717) is 0 Å². The van der Waals surface area contributed by atoms with Crippen LogP contribution in [0.1, 0.15) is 5.56 Å². The molecule has 11 N–H and O–H groups in total. The van der Waals surface area contributed by atoms with E-state index in [0.717, 1.165) is 29.2 Å². The van der Waals surface area contributed by atoms with E-state index >= 15 is 0 Å². The van der Waals surface area contributed by atoms with Crippen LogP contribution in [-0.4, -0.2) is 68.8 Å². The lowest BCUT2D eigenvalue weighted by Gasteiger charge is -2.30. The van der Waals surface area contributed by atoms with E-state index < -0.39 is 46.5 Å². The predicted octanol–water partition coefficient (Wildman–Crippen LogP) is -0.996. The Hall–Kier alpha value is -0.460. The lowest BCUT2D eigenvalue weighted by molar-refractivity contribution is 0.280. The first kappa shape index (κ1) is 28.5. The Balaban J connectivity index is 0.000000578. The van der Waals surface area contributed by atoms with Gasteiger partial charge in [-0.3, -0.25) is 23.2 Å². The molecule has 29 heavy (non-hydrogen) atoms. The smallest absolute Gasteiger partial charge is 0.362 e.